The number of anilines is 6. The van der Waals surface area contributed by atoms with E-state index < -0.39 is 65.6 Å². The Kier molecular flexibility index (Phi) is 26.2. The lowest BCUT2D eigenvalue weighted by Gasteiger charge is -2.39. The average molecular weight is 1470 g/mol. The zero-order chi connectivity index (χ0) is 75.6. The Morgan fingerprint density at radius 1 is 0.764 bits per heavy atom. The maximum atomic E-state index is 14.3. The molecule has 5 heterocycles. The molecule has 4 aliphatic heterocycles. The van der Waals surface area contributed by atoms with E-state index in [4.69, 9.17) is 16.3 Å². The van der Waals surface area contributed by atoms with Gasteiger partial charge in [0.15, 0.2) is 5.82 Å². The number of ether oxygens (including phenoxy) is 1. The highest BCUT2D eigenvalue weighted by molar-refractivity contribution is 6.33. The van der Waals surface area contributed by atoms with E-state index in [9.17, 15) is 62.3 Å². The van der Waals surface area contributed by atoms with Crippen molar-refractivity contribution in [2.24, 2.45) is 0 Å². The van der Waals surface area contributed by atoms with Crippen LogP contribution in [0.3, 0.4) is 0 Å². The van der Waals surface area contributed by atoms with Gasteiger partial charge in [0, 0.05) is 131 Å². The lowest BCUT2D eigenvalue weighted by Crippen LogP contribution is -2.54. The number of piperazine rings is 1. The highest BCUT2D eigenvalue weighted by atomic mass is 35.5. The van der Waals surface area contributed by atoms with E-state index in [1.807, 2.05) is 24.3 Å². The standard InChI is InChI=1S/C75H85ClN16O14/c1-45(93)40-60(85-68(99)47(3)80-67(98)46(2)79-62(94)15-6-5-10-35-91-64(96)32-33-65(91)97)70(101)81-51-19-16-49(17-20-51)44-106-75(105)90(34-11-9-12-48-18-29-56-50(41-48)43-92(72(56)103)61-30-31-63(95)86-71(61)102)55-27-23-53(24-28-55)83-74(104)89-38-36-88(37-39-89)54-25-21-52(22-26-54)82-73-78-42-58(76)66(87-73)84-59-14-8-7-13-57(59)69(100)77-4/h7-8,13-14,16-22,25-26,29,32-33,41-42,46-47,53,55,60-61H,5-6,10-11,15,23-24,27-28,30-31,34-40,43-44H2,1-4H3,(H,77,100)(H,79,94)(H,80,98)(H,81,101)(H,83,104)(H,85,99)(H,86,95,102)(H2,78,82,84,87)/t46-,47-,53?,55?,60-,61?/m0/s1. The number of piperidine rings is 1. The zero-order valence-electron chi connectivity index (χ0n) is 59.2. The third-order valence-electron chi connectivity index (χ3n) is 18.8. The van der Waals surface area contributed by atoms with E-state index in [-0.39, 0.29) is 117 Å². The number of aromatic nitrogens is 2. The average Bonchev–Trinajstić information content (AvgIpc) is 1.63. The van der Waals surface area contributed by atoms with Gasteiger partial charge in [-0.1, -0.05) is 54.1 Å². The number of rotatable bonds is 28. The Morgan fingerprint density at radius 3 is 2.17 bits per heavy atom. The van der Waals surface area contributed by atoms with Crippen LogP contribution >= 0.6 is 11.6 Å². The van der Waals surface area contributed by atoms with Gasteiger partial charge in [0.25, 0.3) is 23.6 Å². The second-order valence-corrected chi connectivity index (χ2v) is 26.9. The van der Waals surface area contributed by atoms with Crippen molar-refractivity contribution < 1.29 is 67.1 Å². The number of imide groups is 2. The minimum Gasteiger partial charge on any atom is -0.445 e. The summed E-state index contributed by atoms with van der Waals surface area (Å²) in [6, 6.07) is 21.5. The molecule has 1 aromatic heterocycles. The van der Waals surface area contributed by atoms with Crippen LogP contribution in [0.15, 0.2) is 109 Å². The molecule has 5 aromatic rings. The molecule has 556 valence electrons. The summed E-state index contributed by atoms with van der Waals surface area (Å²) in [4.78, 5) is 184. The number of nitrogens with one attached hydrogen (secondary N) is 9. The molecule has 4 aromatic carbocycles. The zero-order valence-corrected chi connectivity index (χ0v) is 60.0. The maximum Gasteiger partial charge on any atom is 0.410 e. The summed E-state index contributed by atoms with van der Waals surface area (Å²) in [5.74, 6) is 1.76. The summed E-state index contributed by atoms with van der Waals surface area (Å²) in [7, 11) is 1.55. The molecule has 9 N–H and O–H groups in total. The molecule has 1 saturated carbocycles. The Hall–Kier alpha value is -11.7. The Balaban J connectivity index is 0.699. The van der Waals surface area contributed by atoms with Gasteiger partial charge in [0.1, 0.15) is 41.6 Å². The van der Waals surface area contributed by atoms with E-state index in [2.05, 4.69) is 74.6 Å². The molecule has 0 radical (unpaired) electrons. The van der Waals surface area contributed by atoms with Crippen LogP contribution in [0.1, 0.15) is 135 Å². The summed E-state index contributed by atoms with van der Waals surface area (Å²) in [5, 5.41) is 25.1. The molecule has 5 aliphatic rings. The van der Waals surface area contributed by atoms with E-state index in [1.54, 1.807) is 83.6 Å². The summed E-state index contributed by atoms with van der Waals surface area (Å²) in [5.41, 5.74) is 5.30. The summed E-state index contributed by atoms with van der Waals surface area (Å²) in [6.07, 6.45) is 7.38. The number of para-hydroxylation sites is 1. The van der Waals surface area contributed by atoms with Crippen molar-refractivity contribution in [3.63, 3.8) is 0 Å². The third-order valence-corrected chi connectivity index (χ3v) is 19.1. The second-order valence-electron chi connectivity index (χ2n) is 26.5. The number of hydrogen-bond donors (Lipinski definition) is 9. The van der Waals surface area contributed by atoms with Crippen molar-refractivity contribution in [3.8, 4) is 11.8 Å². The Morgan fingerprint density at radius 2 is 1.46 bits per heavy atom. The number of Topliss-reactive ketones (excluding diaryl/α,β-unsaturated/α-hetero) is 1. The smallest absolute Gasteiger partial charge is 0.410 e. The van der Waals surface area contributed by atoms with Crippen LogP contribution in [0.25, 0.3) is 0 Å². The fourth-order valence-electron chi connectivity index (χ4n) is 12.9. The Bertz CT molecular complexity index is 4260. The first kappa shape index (κ1) is 76.9. The van der Waals surface area contributed by atoms with E-state index in [0.717, 1.165) is 16.3 Å². The predicted octanol–water partition coefficient (Wildman–Crippen LogP) is 5.86. The number of halogens is 1. The fraction of sp³-hybridized carbons (Fsp3) is 0.400. The molecule has 1 aliphatic carbocycles. The number of nitrogens with zero attached hydrogens (tertiary/aromatic N) is 7. The minimum atomic E-state index is -1.34. The fourth-order valence-corrected chi connectivity index (χ4v) is 13.1. The van der Waals surface area contributed by atoms with Gasteiger partial charge in [-0.15, -0.1) is 0 Å². The molecule has 13 amide bonds. The van der Waals surface area contributed by atoms with Gasteiger partial charge < -0.3 is 66.9 Å². The second kappa shape index (κ2) is 36.1. The van der Waals surface area contributed by atoms with Crippen molar-refractivity contribution in [1.82, 2.24) is 61.5 Å². The maximum absolute atomic E-state index is 14.3. The van der Waals surface area contributed by atoms with Gasteiger partial charge in [-0.05, 0) is 144 Å². The van der Waals surface area contributed by atoms with Crippen molar-refractivity contribution >= 4 is 123 Å². The predicted molar refractivity (Wildman–Crippen MR) is 391 cm³/mol. The molecular weight excluding hydrogens is 1380 g/mol. The first-order valence-corrected chi connectivity index (χ1v) is 35.7. The number of hydrogen-bond acceptors (Lipinski definition) is 19. The molecule has 4 atom stereocenters. The quantitative estimate of drug-likeness (QED) is 0.0161. The number of urea groups is 1. The molecule has 106 heavy (non-hydrogen) atoms. The number of amides is 13. The molecular formula is C75H85ClN16O14. The van der Waals surface area contributed by atoms with Crippen molar-refractivity contribution in [2.75, 3.05) is 67.2 Å². The van der Waals surface area contributed by atoms with Crippen LogP contribution in [0.4, 0.5) is 44.1 Å². The highest BCUT2D eigenvalue weighted by Gasteiger charge is 2.40. The van der Waals surface area contributed by atoms with E-state index in [1.165, 1.54) is 44.0 Å². The van der Waals surface area contributed by atoms with Gasteiger partial charge in [0.05, 0.1) is 17.4 Å². The summed E-state index contributed by atoms with van der Waals surface area (Å²) in [6.45, 7) is 6.71. The number of unbranched alkanes of at least 4 members (excludes halogenated alkanes) is 2. The van der Waals surface area contributed by atoms with Gasteiger partial charge in [-0.25, -0.2) is 14.6 Å². The molecule has 3 fully saturated rings. The summed E-state index contributed by atoms with van der Waals surface area (Å²) >= 11 is 6.46. The molecule has 0 bridgehead atoms. The molecule has 10 rings (SSSR count). The largest absolute Gasteiger partial charge is 0.445 e. The van der Waals surface area contributed by atoms with Crippen molar-refractivity contribution in [1.29, 1.82) is 0 Å². The lowest BCUT2D eigenvalue weighted by atomic mass is 9.90. The van der Waals surface area contributed by atoms with Crippen molar-refractivity contribution in [3.05, 3.63) is 142 Å². The molecule has 30 nitrogen and oxygen atoms in total. The van der Waals surface area contributed by atoms with E-state index >= 15 is 0 Å². The Labute approximate surface area is 617 Å². The number of carbonyl (C=O) groups excluding carboxylic acids is 13. The molecule has 31 heteroatoms. The number of fused-ring (bicyclic) bond motifs is 1. The van der Waals surface area contributed by atoms with Gasteiger partial charge in [0.2, 0.25) is 41.4 Å². The molecule has 2 saturated heterocycles. The molecule has 1 unspecified atom stereocenters. The lowest BCUT2D eigenvalue weighted by molar-refractivity contribution is -0.138. The molecule has 0 spiro atoms. The van der Waals surface area contributed by atoms with Crippen LogP contribution in [-0.4, -0.2) is 189 Å². The minimum absolute atomic E-state index is 0.0815. The van der Waals surface area contributed by atoms with E-state index in [0.29, 0.717) is 116 Å². The summed E-state index contributed by atoms with van der Waals surface area (Å²) < 4.78 is 5.95. The SMILES string of the molecule is CNC(=O)c1ccccc1Nc1nc(Nc2ccc(N3CCN(C(=O)NC4CCC(N(CCC#Cc5ccc6c(c5)CN(C5CCC(=O)NC5=O)C6=O)C(=O)OCc5ccc(NC(=O)[C@H](CC(C)=O)NC(=O)[C@H](C)NC(=O)[C@H](C)NC(=O)CCCCCN6C(=O)C=CC6=O)cc5)CC4)CC3)cc2)ncc1Cl. The van der Waals surface area contributed by atoms with Gasteiger partial charge in [-0.2, -0.15) is 4.98 Å². The van der Waals surface area contributed by atoms with Crippen LogP contribution in [0, 0.1) is 11.8 Å². The van der Waals surface area contributed by atoms with Crippen LogP contribution in [0.5, 0.6) is 0 Å². The normalized spacial score (nSPS) is 17.7. The number of carbonyl (C=O) groups is 13. The van der Waals surface area contributed by atoms with Crippen molar-refractivity contribution in [2.45, 2.75) is 147 Å². The monoisotopic (exact) mass is 1470 g/mol. The highest BCUT2D eigenvalue weighted by Crippen LogP contribution is 2.31. The van der Waals surface area contributed by atoms with Gasteiger partial charge >= 0.3 is 12.1 Å². The first-order valence-electron chi connectivity index (χ1n) is 35.3. The number of ketones is 1. The topological polar surface area (TPSA) is 381 Å². The van der Waals surface area contributed by atoms with Crippen LogP contribution < -0.4 is 52.8 Å². The third kappa shape index (κ3) is 20.6. The number of benzene rings is 4. The first-order chi connectivity index (χ1) is 51.0. The van der Waals surface area contributed by atoms with Crippen LogP contribution in [-0.2, 0) is 61.0 Å². The van der Waals surface area contributed by atoms with Gasteiger partial charge in [-0.3, -0.25) is 63.0 Å². The van der Waals surface area contributed by atoms with Crippen LogP contribution in [0.2, 0.25) is 5.02 Å².